The molecule has 2 atom stereocenters. The third kappa shape index (κ3) is 5.51. The number of nitrogens with one attached hydrogen (secondary N) is 1. The Hall–Kier alpha value is -3.06. The summed E-state index contributed by atoms with van der Waals surface area (Å²) < 4.78 is 11.2. The Morgan fingerprint density at radius 3 is 2.25 bits per heavy atom. The Bertz CT molecular complexity index is 1150. The van der Waals surface area contributed by atoms with Crippen LogP contribution < -0.4 is 19.7 Å². The van der Waals surface area contributed by atoms with Crippen molar-refractivity contribution in [2.75, 3.05) is 50.6 Å². The quantitative estimate of drug-likeness (QED) is 0.489. The largest absolute Gasteiger partial charge is 0.493 e. The van der Waals surface area contributed by atoms with Crippen molar-refractivity contribution in [1.29, 1.82) is 0 Å². The van der Waals surface area contributed by atoms with Crippen LogP contribution in [0.3, 0.4) is 0 Å². The molecule has 7 heteroatoms. The number of ether oxygens (including phenoxy) is 2. The second kappa shape index (κ2) is 10.9. The lowest BCUT2D eigenvalue weighted by Crippen LogP contribution is -2.40. The lowest BCUT2D eigenvalue weighted by Gasteiger charge is -2.36. The van der Waals surface area contributed by atoms with Crippen LogP contribution in [0.15, 0.2) is 42.5 Å². The Labute approximate surface area is 214 Å². The lowest BCUT2D eigenvalue weighted by molar-refractivity contribution is 0.211. The zero-order valence-corrected chi connectivity index (χ0v) is 22.0. The Kier molecular flexibility index (Phi) is 7.46. The van der Waals surface area contributed by atoms with E-state index in [1.165, 1.54) is 12.0 Å². The number of piperidine rings is 2. The van der Waals surface area contributed by atoms with Gasteiger partial charge in [0.05, 0.1) is 19.7 Å². The minimum absolute atomic E-state index is 0.371. The van der Waals surface area contributed by atoms with Crippen molar-refractivity contribution in [2.45, 2.75) is 45.7 Å². The third-order valence-corrected chi connectivity index (χ3v) is 7.52. The van der Waals surface area contributed by atoms with E-state index in [1.54, 1.807) is 14.2 Å². The monoisotopic (exact) mass is 489 g/mol. The summed E-state index contributed by atoms with van der Waals surface area (Å²) in [4.78, 5) is 15.0. The highest BCUT2D eigenvalue weighted by Crippen LogP contribution is 2.36. The summed E-state index contributed by atoms with van der Waals surface area (Å²) in [5.41, 5.74) is 2.26. The molecule has 0 spiro atoms. The topological polar surface area (TPSA) is 62.8 Å². The first-order valence-electron chi connectivity index (χ1n) is 13.2. The molecule has 2 aromatic carbocycles. The summed E-state index contributed by atoms with van der Waals surface area (Å²) in [5.74, 6) is 4.34. The van der Waals surface area contributed by atoms with Crippen molar-refractivity contribution in [2.24, 2.45) is 11.8 Å². The average Bonchev–Trinajstić information content (AvgIpc) is 2.89. The summed E-state index contributed by atoms with van der Waals surface area (Å²) >= 11 is 0. The van der Waals surface area contributed by atoms with Crippen LogP contribution in [-0.2, 0) is 6.54 Å². The van der Waals surface area contributed by atoms with Crippen LogP contribution in [0.25, 0.3) is 10.9 Å². The van der Waals surface area contributed by atoms with E-state index in [0.717, 1.165) is 68.2 Å². The number of nitrogens with zero attached hydrogens (tertiary/aromatic N) is 4. The van der Waals surface area contributed by atoms with Gasteiger partial charge in [0.1, 0.15) is 5.82 Å². The fourth-order valence-electron chi connectivity index (χ4n) is 5.79. The molecule has 0 saturated carbocycles. The Balaban J connectivity index is 1.39. The first kappa shape index (κ1) is 24.6. The van der Waals surface area contributed by atoms with Crippen molar-refractivity contribution in [3.63, 3.8) is 0 Å². The molecule has 1 N–H and O–H groups in total. The fraction of sp³-hybridized carbons (Fsp3) is 0.517. The van der Waals surface area contributed by atoms with E-state index in [2.05, 4.69) is 59.3 Å². The summed E-state index contributed by atoms with van der Waals surface area (Å²) in [5, 5.41) is 4.77. The smallest absolute Gasteiger partial charge is 0.227 e. The molecular formula is C29H39N5O2. The van der Waals surface area contributed by atoms with Crippen LogP contribution in [0.2, 0.25) is 0 Å². The van der Waals surface area contributed by atoms with Gasteiger partial charge in [0.15, 0.2) is 11.5 Å². The zero-order chi connectivity index (χ0) is 25.1. The Morgan fingerprint density at radius 1 is 0.917 bits per heavy atom. The van der Waals surface area contributed by atoms with Crippen LogP contribution >= 0.6 is 0 Å². The van der Waals surface area contributed by atoms with Crippen molar-refractivity contribution in [3.05, 3.63) is 48.0 Å². The number of methoxy groups -OCH3 is 2. The molecule has 2 aliphatic heterocycles. The molecular weight excluding hydrogens is 450 g/mol. The average molecular weight is 490 g/mol. The second-order valence-electron chi connectivity index (χ2n) is 10.6. The SMILES string of the molecule is COc1cc2nc(N3CC(C)CC(C)C3)nc(NC3CCN(Cc4ccccc4)CC3)c2cc1OC. The maximum Gasteiger partial charge on any atom is 0.227 e. The van der Waals surface area contributed by atoms with Crippen molar-refractivity contribution in [1.82, 2.24) is 14.9 Å². The summed E-state index contributed by atoms with van der Waals surface area (Å²) in [7, 11) is 3.34. The van der Waals surface area contributed by atoms with Crippen molar-refractivity contribution >= 4 is 22.7 Å². The number of aromatic nitrogens is 2. The van der Waals surface area contributed by atoms with E-state index >= 15 is 0 Å². The normalized spacial score (nSPS) is 21.5. The standard InChI is InChI=1S/C29H39N5O2/c1-20-14-21(2)18-34(17-20)29-31-25-16-27(36-4)26(35-3)15-24(25)28(32-29)30-23-10-12-33(13-11-23)19-22-8-6-5-7-9-22/h5-9,15-16,20-21,23H,10-14,17-19H2,1-4H3,(H,30,31,32). The van der Waals surface area contributed by atoms with Gasteiger partial charge in [-0.15, -0.1) is 0 Å². The molecule has 1 aromatic heterocycles. The van der Waals surface area contributed by atoms with Gasteiger partial charge in [-0.25, -0.2) is 4.98 Å². The molecule has 2 fully saturated rings. The van der Waals surface area contributed by atoms with Gasteiger partial charge in [-0.1, -0.05) is 44.2 Å². The molecule has 2 aliphatic rings. The number of hydrogen-bond acceptors (Lipinski definition) is 7. The lowest BCUT2D eigenvalue weighted by atomic mass is 9.92. The maximum absolute atomic E-state index is 5.61. The number of fused-ring (bicyclic) bond motifs is 1. The molecule has 5 rings (SSSR count). The second-order valence-corrected chi connectivity index (χ2v) is 10.6. The van der Waals surface area contributed by atoms with E-state index in [9.17, 15) is 0 Å². The number of anilines is 2. The maximum atomic E-state index is 5.61. The number of benzene rings is 2. The Morgan fingerprint density at radius 2 is 1.58 bits per heavy atom. The van der Waals surface area contributed by atoms with Crippen LogP contribution in [-0.4, -0.2) is 61.3 Å². The van der Waals surface area contributed by atoms with Gasteiger partial charge in [0, 0.05) is 50.2 Å². The molecule has 192 valence electrons. The van der Waals surface area contributed by atoms with E-state index in [-0.39, 0.29) is 0 Å². The van der Waals surface area contributed by atoms with Gasteiger partial charge >= 0.3 is 0 Å². The molecule has 3 heterocycles. The van der Waals surface area contributed by atoms with Crippen molar-refractivity contribution < 1.29 is 9.47 Å². The van der Waals surface area contributed by atoms with Crippen LogP contribution in [0.5, 0.6) is 11.5 Å². The minimum atomic E-state index is 0.371. The summed E-state index contributed by atoms with van der Waals surface area (Å²) in [6, 6.07) is 15.1. The van der Waals surface area contributed by atoms with E-state index in [0.29, 0.717) is 29.4 Å². The van der Waals surface area contributed by atoms with Crippen molar-refractivity contribution in [3.8, 4) is 11.5 Å². The van der Waals surface area contributed by atoms with Gasteiger partial charge in [0.2, 0.25) is 5.95 Å². The molecule has 0 aliphatic carbocycles. The highest BCUT2D eigenvalue weighted by Gasteiger charge is 2.26. The number of rotatable bonds is 7. The van der Waals surface area contributed by atoms with Crippen LogP contribution in [0.4, 0.5) is 11.8 Å². The molecule has 7 nitrogen and oxygen atoms in total. The van der Waals surface area contributed by atoms with E-state index in [1.807, 2.05) is 12.1 Å². The molecule has 0 amide bonds. The first-order chi connectivity index (χ1) is 17.5. The van der Waals surface area contributed by atoms with Crippen LogP contribution in [0.1, 0.15) is 38.7 Å². The van der Waals surface area contributed by atoms with E-state index < -0.39 is 0 Å². The summed E-state index contributed by atoms with van der Waals surface area (Å²) in [6.45, 7) is 9.76. The molecule has 0 radical (unpaired) electrons. The van der Waals surface area contributed by atoms with Crippen LogP contribution in [0, 0.1) is 11.8 Å². The van der Waals surface area contributed by atoms with Gasteiger partial charge in [-0.05, 0) is 42.7 Å². The molecule has 36 heavy (non-hydrogen) atoms. The predicted molar refractivity (Wildman–Crippen MR) is 146 cm³/mol. The third-order valence-electron chi connectivity index (χ3n) is 7.52. The first-order valence-corrected chi connectivity index (χ1v) is 13.2. The zero-order valence-electron chi connectivity index (χ0n) is 22.0. The summed E-state index contributed by atoms with van der Waals surface area (Å²) in [6.07, 6.45) is 3.42. The molecule has 2 unspecified atom stereocenters. The number of likely N-dealkylation sites (tertiary alicyclic amines) is 1. The molecule has 3 aromatic rings. The molecule has 0 bridgehead atoms. The fourth-order valence-corrected chi connectivity index (χ4v) is 5.79. The predicted octanol–water partition coefficient (Wildman–Crippen LogP) is 5.21. The van der Waals surface area contributed by atoms with Gasteiger partial charge in [-0.2, -0.15) is 4.98 Å². The van der Waals surface area contributed by atoms with Gasteiger partial charge in [0.25, 0.3) is 0 Å². The highest BCUT2D eigenvalue weighted by molar-refractivity contribution is 5.93. The highest BCUT2D eigenvalue weighted by atomic mass is 16.5. The van der Waals surface area contributed by atoms with E-state index in [4.69, 9.17) is 19.4 Å². The minimum Gasteiger partial charge on any atom is -0.493 e. The number of hydrogen-bond donors (Lipinski definition) is 1. The van der Waals surface area contributed by atoms with Gasteiger partial charge in [-0.3, -0.25) is 4.90 Å². The molecule has 2 saturated heterocycles. The van der Waals surface area contributed by atoms with Gasteiger partial charge < -0.3 is 19.7 Å².